The van der Waals surface area contributed by atoms with Gasteiger partial charge in [-0.05, 0) is 62.7 Å². The minimum Gasteiger partial charge on any atom is -0.357 e. The molecule has 3 rings (SSSR count). The van der Waals surface area contributed by atoms with E-state index in [4.69, 9.17) is 23.2 Å². The second kappa shape index (κ2) is 12.0. The van der Waals surface area contributed by atoms with Crippen molar-refractivity contribution in [3.05, 3.63) is 93.5 Å². The quantitative estimate of drug-likeness (QED) is 0.399. The van der Waals surface area contributed by atoms with E-state index in [0.717, 1.165) is 15.4 Å². The first-order valence-corrected chi connectivity index (χ1v) is 13.7. The molecule has 0 radical (unpaired) electrons. The lowest BCUT2D eigenvalue weighted by atomic mass is 10.1. The van der Waals surface area contributed by atoms with Gasteiger partial charge in [-0.3, -0.25) is 13.9 Å². The molecule has 3 aromatic rings. The van der Waals surface area contributed by atoms with Crippen LogP contribution in [0, 0.1) is 13.8 Å². The first kappa shape index (κ1) is 28.5. The van der Waals surface area contributed by atoms with Gasteiger partial charge in [-0.15, -0.1) is 0 Å². The number of nitrogens with zero attached hydrogens (tertiary/aromatic N) is 2. The van der Waals surface area contributed by atoms with E-state index in [1.165, 1.54) is 24.1 Å². The summed E-state index contributed by atoms with van der Waals surface area (Å²) in [5.74, 6) is -1.01. The van der Waals surface area contributed by atoms with Gasteiger partial charge in [-0.1, -0.05) is 59.1 Å². The molecule has 0 fully saturated rings. The Bertz CT molecular complexity index is 1370. The second-order valence-corrected chi connectivity index (χ2v) is 11.4. The number of rotatable bonds is 9. The smallest absolute Gasteiger partial charge is 0.264 e. The topological polar surface area (TPSA) is 86.8 Å². The number of hydrogen-bond donors (Lipinski definition) is 1. The third-order valence-corrected chi connectivity index (χ3v) is 8.48. The molecule has 10 heteroatoms. The van der Waals surface area contributed by atoms with Crippen LogP contribution in [0.2, 0.25) is 10.0 Å². The van der Waals surface area contributed by atoms with E-state index < -0.39 is 34.4 Å². The lowest BCUT2D eigenvalue weighted by Gasteiger charge is -2.32. The Labute approximate surface area is 228 Å². The van der Waals surface area contributed by atoms with Gasteiger partial charge in [-0.2, -0.15) is 0 Å². The Morgan fingerprint density at radius 3 is 2.08 bits per heavy atom. The van der Waals surface area contributed by atoms with Crippen LogP contribution < -0.4 is 9.62 Å². The standard InChI is InChI=1S/C27H29Cl2N3O4S/c1-18-11-13-22(14-12-18)37(35,36)32(21-8-5-7-19(2)15-21)17-26(33)31(20(3)27(34)30-4)16-23-24(28)9-6-10-25(23)29/h5-15,20H,16-17H2,1-4H3,(H,30,34)/t20-/m1/s1. The van der Waals surface area contributed by atoms with E-state index in [-0.39, 0.29) is 11.4 Å². The van der Waals surface area contributed by atoms with E-state index in [0.29, 0.717) is 21.3 Å². The number of halogens is 2. The third kappa shape index (κ3) is 6.63. The average Bonchev–Trinajstić information content (AvgIpc) is 2.86. The molecule has 0 spiro atoms. The summed E-state index contributed by atoms with van der Waals surface area (Å²) in [5, 5.41) is 3.20. The molecule has 0 aromatic heterocycles. The molecule has 0 saturated carbocycles. The minimum absolute atomic E-state index is 0.0486. The fraction of sp³-hybridized carbons (Fsp3) is 0.259. The van der Waals surface area contributed by atoms with Gasteiger partial charge in [0.25, 0.3) is 10.0 Å². The molecular formula is C27H29Cl2N3O4S. The number of nitrogens with one attached hydrogen (secondary N) is 1. The largest absolute Gasteiger partial charge is 0.357 e. The maximum absolute atomic E-state index is 13.8. The van der Waals surface area contributed by atoms with Crippen molar-refractivity contribution in [2.75, 3.05) is 17.9 Å². The zero-order valence-corrected chi connectivity index (χ0v) is 23.4. The zero-order valence-electron chi connectivity index (χ0n) is 21.0. The van der Waals surface area contributed by atoms with Gasteiger partial charge in [0, 0.05) is 29.2 Å². The highest BCUT2D eigenvalue weighted by Gasteiger charge is 2.33. The lowest BCUT2D eigenvalue weighted by Crippen LogP contribution is -2.50. The van der Waals surface area contributed by atoms with Gasteiger partial charge in [0.05, 0.1) is 10.6 Å². The molecule has 196 valence electrons. The molecule has 0 aliphatic rings. The number of amides is 2. The highest BCUT2D eigenvalue weighted by Crippen LogP contribution is 2.28. The van der Waals surface area contributed by atoms with Gasteiger partial charge in [-0.25, -0.2) is 8.42 Å². The van der Waals surface area contributed by atoms with Crippen molar-refractivity contribution in [3.63, 3.8) is 0 Å². The molecule has 37 heavy (non-hydrogen) atoms. The average molecular weight is 563 g/mol. The number of likely N-dealkylation sites (N-methyl/N-ethyl adjacent to an activating group) is 1. The number of anilines is 1. The summed E-state index contributed by atoms with van der Waals surface area (Å²) in [6.45, 7) is 4.63. The minimum atomic E-state index is -4.12. The SMILES string of the molecule is CNC(=O)[C@@H](C)N(Cc1c(Cl)cccc1Cl)C(=O)CN(c1cccc(C)c1)S(=O)(=O)c1ccc(C)cc1. The Kier molecular flexibility index (Phi) is 9.23. The number of aryl methyl sites for hydroxylation is 2. The number of benzene rings is 3. The number of carbonyl (C=O) groups is 2. The van der Waals surface area contributed by atoms with Crippen molar-refractivity contribution in [2.45, 2.75) is 38.3 Å². The molecule has 0 aliphatic heterocycles. The maximum atomic E-state index is 13.8. The molecule has 0 heterocycles. The first-order valence-electron chi connectivity index (χ1n) is 11.6. The van der Waals surface area contributed by atoms with Crippen molar-refractivity contribution in [2.24, 2.45) is 0 Å². The van der Waals surface area contributed by atoms with E-state index in [9.17, 15) is 18.0 Å². The van der Waals surface area contributed by atoms with Crippen LogP contribution in [0.3, 0.4) is 0 Å². The normalized spacial score (nSPS) is 12.1. The molecule has 0 saturated heterocycles. The second-order valence-electron chi connectivity index (χ2n) is 8.68. The van der Waals surface area contributed by atoms with E-state index in [1.807, 2.05) is 19.9 Å². The molecular weight excluding hydrogens is 533 g/mol. The van der Waals surface area contributed by atoms with Crippen molar-refractivity contribution in [1.82, 2.24) is 10.2 Å². The molecule has 2 amide bonds. The fourth-order valence-corrected chi connectivity index (χ4v) is 5.72. The van der Waals surface area contributed by atoms with Crippen LogP contribution in [-0.2, 0) is 26.2 Å². The van der Waals surface area contributed by atoms with Gasteiger partial charge >= 0.3 is 0 Å². The first-order chi connectivity index (χ1) is 17.4. The Balaban J connectivity index is 2.07. The molecule has 1 atom stereocenters. The van der Waals surface area contributed by atoms with Crippen molar-refractivity contribution in [1.29, 1.82) is 0 Å². The number of hydrogen-bond acceptors (Lipinski definition) is 4. The van der Waals surface area contributed by atoms with Crippen molar-refractivity contribution in [3.8, 4) is 0 Å². The van der Waals surface area contributed by atoms with Crippen LogP contribution in [0.1, 0.15) is 23.6 Å². The molecule has 7 nitrogen and oxygen atoms in total. The summed E-state index contributed by atoms with van der Waals surface area (Å²) in [6, 6.07) is 17.3. The summed E-state index contributed by atoms with van der Waals surface area (Å²) in [5.41, 5.74) is 2.52. The summed E-state index contributed by atoms with van der Waals surface area (Å²) in [4.78, 5) is 27.7. The number of carbonyl (C=O) groups excluding carboxylic acids is 2. The van der Waals surface area contributed by atoms with Crippen LogP contribution in [0.4, 0.5) is 5.69 Å². The fourth-order valence-electron chi connectivity index (χ4n) is 3.79. The van der Waals surface area contributed by atoms with Crippen LogP contribution in [0.5, 0.6) is 0 Å². The highest BCUT2D eigenvalue weighted by molar-refractivity contribution is 7.92. The van der Waals surface area contributed by atoms with Crippen LogP contribution in [-0.4, -0.2) is 44.8 Å². The van der Waals surface area contributed by atoms with E-state index in [2.05, 4.69) is 5.32 Å². The zero-order chi connectivity index (χ0) is 27.3. The number of sulfonamides is 1. The van der Waals surface area contributed by atoms with Gasteiger partial charge < -0.3 is 10.2 Å². The molecule has 3 aromatic carbocycles. The van der Waals surface area contributed by atoms with Crippen molar-refractivity contribution >= 4 is 50.7 Å². The summed E-state index contributed by atoms with van der Waals surface area (Å²) >= 11 is 12.7. The predicted molar refractivity (Wildman–Crippen MR) is 147 cm³/mol. The van der Waals surface area contributed by atoms with Crippen LogP contribution in [0.15, 0.2) is 71.6 Å². The van der Waals surface area contributed by atoms with E-state index in [1.54, 1.807) is 55.5 Å². The Morgan fingerprint density at radius 2 is 1.51 bits per heavy atom. The van der Waals surface area contributed by atoms with E-state index >= 15 is 0 Å². The van der Waals surface area contributed by atoms with Crippen LogP contribution in [0.25, 0.3) is 0 Å². The predicted octanol–water partition coefficient (Wildman–Crippen LogP) is 4.97. The Morgan fingerprint density at radius 1 is 0.919 bits per heavy atom. The lowest BCUT2D eigenvalue weighted by molar-refractivity contribution is -0.139. The monoisotopic (exact) mass is 561 g/mol. The van der Waals surface area contributed by atoms with Gasteiger partial charge in [0.15, 0.2) is 0 Å². The molecule has 0 bridgehead atoms. The summed E-state index contributed by atoms with van der Waals surface area (Å²) in [7, 11) is -2.66. The van der Waals surface area contributed by atoms with Crippen LogP contribution >= 0.6 is 23.2 Å². The Hall–Kier alpha value is -3.07. The van der Waals surface area contributed by atoms with Gasteiger partial charge in [0.2, 0.25) is 11.8 Å². The highest BCUT2D eigenvalue weighted by atomic mass is 35.5. The molecule has 0 aliphatic carbocycles. The molecule has 1 N–H and O–H groups in total. The molecule has 0 unspecified atom stereocenters. The maximum Gasteiger partial charge on any atom is 0.264 e. The van der Waals surface area contributed by atoms with Gasteiger partial charge in [0.1, 0.15) is 12.6 Å². The third-order valence-electron chi connectivity index (χ3n) is 5.98. The summed E-state index contributed by atoms with van der Waals surface area (Å²) < 4.78 is 28.6. The summed E-state index contributed by atoms with van der Waals surface area (Å²) in [6.07, 6.45) is 0. The van der Waals surface area contributed by atoms with Crippen molar-refractivity contribution < 1.29 is 18.0 Å².